The Bertz CT molecular complexity index is 698. The van der Waals surface area contributed by atoms with Crippen molar-refractivity contribution < 1.29 is 19.4 Å². The number of aliphatic carboxylic acids is 1. The van der Waals surface area contributed by atoms with Crippen molar-refractivity contribution in [1.29, 1.82) is 0 Å². The van der Waals surface area contributed by atoms with Crippen LogP contribution < -0.4 is 0 Å². The van der Waals surface area contributed by atoms with Gasteiger partial charge in [-0.05, 0) is 57.9 Å². The van der Waals surface area contributed by atoms with E-state index in [1.165, 1.54) is 18.9 Å². The second-order valence-corrected chi connectivity index (χ2v) is 6.42. The Kier molecular flexibility index (Phi) is 5.63. The van der Waals surface area contributed by atoms with Crippen LogP contribution in [0.15, 0.2) is 56.7 Å². The van der Waals surface area contributed by atoms with E-state index in [1.807, 2.05) is 18.2 Å². The van der Waals surface area contributed by atoms with Gasteiger partial charge in [0.25, 0.3) is 0 Å². The Morgan fingerprint density at radius 2 is 1.86 bits per heavy atom. The highest BCUT2D eigenvalue weighted by Gasteiger charge is 2.08. The molecule has 0 aliphatic carbocycles. The summed E-state index contributed by atoms with van der Waals surface area (Å²) in [6.07, 6.45) is -0.00261. The van der Waals surface area contributed by atoms with E-state index in [0.717, 1.165) is 19.8 Å². The zero-order chi connectivity index (χ0) is 16.1. The van der Waals surface area contributed by atoms with Crippen LogP contribution in [0, 0.1) is 0 Å². The molecule has 0 unspecified atom stereocenters. The first-order valence-corrected chi connectivity index (χ1v) is 7.97. The molecule has 0 bridgehead atoms. The van der Waals surface area contributed by atoms with Crippen molar-refractivity contribution in [1.82, 2.24) is 0 Å². The fraction of sp³-hybridized carbons (Fsp3) is 0.125. The highest BCUT2D eigenvalue weighted by atomic mass is 79.9. The molecule has 0 spiro atoms. The Balaban J connectivity index is 2.13. The number of ether oxygens (including phenoxy) is 1. The van der Waals surface area contributed by atoms with Gasteiger partial charge in [0.1, 0.15) is 0 Å². The first-order valence-electron chi connectivity index (χ1n) is 6.36. The van der Waals surface area contributed by atoms with E-state index < -0.39 is 5.97 Å². The number of hydrogen-bond acceptors (Lipinski definition) is 4. The van der Waals surface area contributed by atoms with E-state index in [4.69, 9.17) is 5.11 Å². The van der Waals surface area contributed by atoms with Crippen molar-refractivity contribution in [2.75, 3.05) is 7.11 Å². The summed E-state index contributed by atoms with van der Waals surface area (Å²) in [7, 11) is 1.35. The molecule has 0 atom stereocenters. The third-order valence-electron chi connectivity index (χ3n) is 2.85. The fourth-order valence-electron chi connectivity index (χ4n) is 1.82. The smallest absolute Gasteiger partial charge is 0.337 e. The number of benzene rings is 2. The number of carbonyl (C=O) groups is 2. The predicted molar refractivity (Wildman–Crippen MR) is 87.4 cm³/mol. The Hall–Kier alpha value is -1.79. The standard InChI is InChI=1S/C16H13BrO4S/c1-21-16(20)11-3-5-12(6-4-11)22-14-7-2-10(8-13(14)17)9-15(18)19/h2-8H,9H2,1H3,(H,18,19). The van der Waals surface area contributed by atoms with Crippen LogP contribution in [0.4, 0.5) is 0 Å². The zero-order valence-corrected chi connectivity index (χ0v) is 14.1. The molecule has 4 nitrogen and oxygen atoms in total. The Morgan fingerprint density at radius 3 is 2.41 bits per heavy atom. The van der Waals surface area contributed by atoms with Crippen LogP contribution in [0.3, 0.4) is 0 Å². The van der Waals surface area contributed by atoms with Crippen LogP contribution >= 0.6 is 27.7 Å². The van der Waals surface area contributed by atoms with Crippen LogP contribution in [0.25, 0.3) is 0 Å². The van der Waals surface area contributed by atoms with Gasteiger partial charge in [0, 0.05) is 14.3 Å². The monoisotopic (exact) mass is 380 g/mol. The fourth-order valence-corrected chi connectivity index (χ4v) is 3.30. The van der Waals surface area contributed by atoms with Crippen LogP contribution in [-0.4, -0.2) is 24.2 Å². The van der Waals surface area contributed by atoms with Gasteiger partial charge in [-0.2, -0.15) is 0 Å². The summed E-state index contributed by atoms with van der Waals surface area (Å²) >= 11 is 4.98. The van der Waals surface area contributed by atoms with Crippen LogP contribution in [0.1, 0.15) is 15.9 Å². The molecule has 2 aromatic rings. The third kappa shape index (κ3) is 4.35. The molecule has 1 N–H and O–H groups in total. The molecule has 0 aromatic heterocycles. The summed E-state index contributed by atoms with van der Waals surface area (Å²) < 4.78 is 5.50. The molecular formula is C16H13BrO4S. The highest BCUT2D eigenvalue weighted by molar-refractivity contribution is 9.10. The van der Waals surface area contributed by atoms with Gasteiger partial charge in [-0.1, -0.05) is 17.8 Å². The lowest BCUT2D eigenvalue weighted by atomic mass is 10.2. The highest BCUT2D eigenvalue weighted by Crippen LogP contribution is 2.34. The summed E-state index contributed by atoms with van der Waals surface area (Å²) in [4.78, 5) is 24.0. The maximum Gasteiger partial charge on any atom is 0.337 e. The van der Waals surface area contributed by atoms with Gasteiger partial charge in [-0.15, -0.1) is 0 Å². The minimum Gasteiger partial charge on any atom is -0.481 e. The lowest BCUT2D eigenvalue weighted by Gasteiger charge is -2.07. The van der Waals surface area contributed by atoms with Crippen LogP contribution in [0.2, 0.25) is 0 Å². The molecule has 0 saturated carbocycles. The quantitative estimate of drug-likeness (QED) is 0.793. The minimum atomic E-state index is -0.856. The molecule has 0 fully saturated rings. The molecule has 0 aliphatic rings. The van der Waals surface area contributed by atoms with E-state index in [0.29, 0.717) is 5.56 Å². The topological polar surface area (TPSA) is 63.6 Å². The molecule has 6 heteroatoms. The molecule has 0 radical (unpaired) electrons. The molecule has 2 rings (SSSR count). The molecule has 0 saturated heterocycles. The number of carboxylic acid groups (broad SMARTS) is 1. The number of esters is 1. The van der Waals surface area contributed by atoms with Gasteiger partial charge in [0.05, 0.1) is 19.1 Å². The van der Waals surface area contributed by atoms with E-state index in [2.05, 4.69) is 20.7 Å². The van der Waals surface area contributed by atoms with E-state index in [1.54, 1.807) is 24.3 Å². The van der Waals surface area contributed by atoms with Crippen molar-refractivity contribution in [3.8, 4) is 0 Å². The third-order valence-corrected chi connectivity index (χ3v) is 4.86. The number of methoxy groups -OCH3 is 1. The van der Waals surface area contributed by atoms with E-state index in [9.17, 15) is 9.59 Å². The van der Waals surface area contributed by atoms with Gasteiger partial charge in [0.2, 0.25) is 0 Å². The molecule has 0 aliphatic heterocycles. The van der Waals surface area contributed by atoms with Crippen molar-refractivity contribution in [2.45, 2.75) is 16.2 Å². The number of halogens is 1. The van der Waals surface area contributed by atoms with Crippen molar-refractivity contribution >= 4 is 39.6 Å². The summed E-state index contributed by atoms with van der Waals surface area (Å²) in [5, 5.41) is 8.80. The summed E-state index contributed by atoms with van der Waals surface area (Å²) in [5.74, 6) is -1.22. The summed E-state index contributed by atoms with van der Waals surface area (Å²) in [5.41, 5.74) is 1.24. The Labute approximate surface area is 140 Å². The van der Waals surface area contributed by atoms with E-state index in [-0.39, 0.29) is 12.4 Å². The summed E-state index contributed by atoms with van der Waals surface area (Å²) in [6.45, 7) is 0. The number of hydrogen-bond donors (Lipinski definition) is 1. The van der Waals surface area contributed by atoms with Crippen molar-refractivity contribution in [3.05, 3.63) is 58.1 Å². The lowest BCUT2D eigenvalue weighted by Crippen LogP contribution is -2.00. The van der Waals surface area contributed by atoms with Gasteiger partial charge < -0.3 is 9.84 Å². The SMILES string of the molecule is COC(=O)c1ccc(Sc2ccc(CC(=O)O)cc2Br)cc1. The van der Waals surface area contributed by atoms with Crippen molar-refractivity contribution in [3.63, 3.8) is 0 Å². The molecule has 0 amide bonds. The van der Waals surface area contributed by atoms with Crippen molar-refractivity contribution in [2.24, 2.45) is 0 Å². The maximum atomic E-state index is 11.4. The van der Waals surface area contributed by atoms with E-state index >= 15 is 0 Å². The van der Waals surface area contributed by atoms with Gasteiger partial charge in [-0.3, -0.25) is 4.79 Å². The first kappa shape index (κ1) is 16.6. The molecule has 0 heterocycles. The molecule has 114 valence electrons. The average molecular weight is 381 g/mol. The molecular weight excluding hydrogens is 368 g/mol. The zero-order valence-electron chi connectivity index (χ0n) is 11.7. The normalized spacial score (nSPS) is 10.3. The molecule has 2 aromatic carbocycles. The minimum absolute atomic E-state index is 0.00261. The number of carboxylic acids is 1. The van der Waals surface area contributed by atoms with Crippen LogP contribution in [-0.2, 0) is 16.0 Å². The van der Waals surface area contributed by atoms with Gasteiger partial charge in [0.15, 0.2) is 0 Å². The van der Waals surface area contributed by atoms with Gasteiger partial charge >= 0.3 is 11.9 Å². The maximum absolute atomic E-state index is 11.4. The second-order valence-electron chi connectivity index (χ2n) is 4.45. The van der Waals surface area contributed by atoms with Crippen LogP contribution in [0.5, 0.6) is 0 Å². The number of carbonyl (C=O) groups excluding carboxylic acids is 1. The molecule has 22 heavy (non-hydrogen) atoms. The Morgan fingerprint density at radius 1 is 1.18 bits per heavy atom. The lowest BCUT2D eigenvalue weighted by molar-refractivity contribution is -0.136. The average Bonchev–Trinajstić information content (AvgIpc) is 2.49. The first-order chi connectivity index (χ1) is 10.5. The largest absolute Gasteiger partial charge is 0.481 e. The summed E-state index contributed by atoms with van der Waals surface area (Å²) in [6, 6.07) is 12.6. The predicted octanol–water partition coefficient (Wildman–Crippen LogP) is 4.01. The van der Waals surface area contributed by atoms with Gasteiger partial charge in [-0.25, -0.2) is 4.79 Å². The second kappa shape index (κ2) is 7.47. The number of rotatable bonds is 5.